The standard InChI is InChI=1S/C11H14INO6/c1-2-5(3-6(10(15)16)11(17)18)9-8(12)7(4-14)19-13-9/h5-6,14H,2-4H2,1H3,(H,15,16)(H,17,18)/t5-/m1/s1. The lowest BCUT2D eigenvalue weighted by Crippen LogP contribution is -2.25. The molecule has 0 fully saturated rings. The minimum Gasteiger partial charge on any atom is -0.481 e. The van der Waals surface area contributed by atoms with Crippen LogP contribution in [-0.4, -0.2) is 32.4 Å². The summed E-state index contributed by atoms with van der Waals surface area (Å²) in [5.74, 6) is -4.25. The fraction of sp³-hybridized carbons (Fsp3) is 0.545. The molecule has 106 valence electrons. The van der Waals surface area contributed by atoms with Crippen LogP contribution in [-0.2, 0) is 16.2 Å². The van der Waals surface area contributed by atoms with Crippen molar-refractivity contribution in [3.8, 4) is 0 Å². The van der Waals surface area contributed by atoms with E-state index in [4.69, 9.17) is 19.8 Å². The predicted molar refractivity (Wildman–Crippen MR) is 71.6 cm³/mol. The Hall–Kier alpha value is -1.16. The SMILES string of the molecule is CC[C@H](CC(C(=O)O)C(=O)O)c1noc(CO)c1I. The van der Waals surface area contributed by atoms with Crippen LogP contribution in [0.4, 0.5) is 0 Å². The second-order valence-corrected chi connectivity index (χ2v) is 5.11. The van der Waals surface area contributed by atoms with Crippen LogP contribution in [0.5, 0.6) is 0 Å². The van der Waals surface area contributed by atoms with Gasteiger partial charge in [-0.05, 0) is 35.4 Å². The molecule has 0 saturated carbocycles. The Morgan fingerprint density at radius 3 is 2.32 bits per heavy atom. The van der Waals surface area contributed by atoms with Gasteiger partial charge in [-0.1, -0.05) is 12.1 Å². The number of aliphatic carboxylic acids is 2. The molecule has 1 heterocycles. The van der Waals surface area contributed by atoms with E-state index >= 15 is 0 Å². The van der Waals surface area contributed by atoms with E-state index in [9.17, 15) is 9.59 Å². The van der Waals surface area contributed by atoms with Crippen molar-refractivity contribution in [1.82, 2.24) is 5.16 Å². The first-order valence-electron chi connectivity index (χ1n) is 5.62. The summed E-state index contributed by atoms with van der Waals surface area (Å²) in [7, 11) is 0. The van der Waals surface area contributed by atoms with Crippen molar-refractivity contribution >= 4 is 34.5 Å². The lowest BCUT2D eigenvalue weighted by atomic mass is 9.90. The number of hydrogen-bond donors (Lipinski definition) is 3. The number of halogens is 1. The largest absolute Gasteiger partial charge is 0.481 e. The van der Waals surface area contributed by atoms with Gasteiger partial charge >= 0.3 is 11.9 Å². The van der Waals surface area contributed by atoms with E-state index in [0.717, 1.165) is 0 Å². The third-order valence-corrected chi connectivity index (χ3v) is 4.02. The Bertz CT molecular complexity index is 458. The molecule has 1 aromatic rings. The smallest absolute Gasteiger partial charge is 0.317 e. The summed E-state index contributed by atoms with van der Waals surface area (Å²) in [6.07, 6.45) is 0.471. The average molecular weight is 383 g/mol. The molecule has 1 rings (SSSR count). The molecule has 0 radical (unpaired) electrons. The quantitative estimate of drug-likeness (QED) is 0.481. The molecule has 0 unspecified atom stereocenters. The van der Waals surface area contributed by atoms with Crippen LogP contribution in [0.15, 0.2) is 4.52 Å². The lowest BCUT2D eigenvalue weighted by molar-refractivity contribution is -0.155. The molecule has 19 heavy (non-hydrogen) atoms. The molecule has 0 aromatic carbocycles. The van der Waals surface area contributed by atoms with Crippen LogP contribution in [0.3, 0.4) is 0 Å². The highest BCUT2D eigenvalue weighted by molar-refractivity contribution is 14.1. The predicted octanol–water partition coefficient (Wildman–Crippen LogP) is 1.44. The van der Waals surface area contributed by atoms with Gasteiger partial charge in [0.15, 0.2) is 11.7 Å². The first-order chi connectivity index (χ1) is 8.92. The maximum Gasteiger partial charge on any atom is 0.317 e. The van der Waals surface area contributed by atoms with Gasteiger partial charge < -0.3 is 19.8 Å². The third-order valence-electron chi connectivity index (χ3n) is 2.86. The van der Waals surface area contributed by atoms with Crippen LogP contribution in [0.2, 0.25) is 0 Å². The molecule has 8 heteroatoms. The van der Waals surface area contributed by atoms with E-state index in [0.29, 0.717) is 21.4 Å². The number of aromatic nitrogens is 1. The van der Waals surface area contributed by atoms with Gasteiger partial charge in [0.1, 0.15) is 12.3 Å². The molecule has 1 atom stereocenters. The zero-order chi connectivity index (χ0) is 14.6. The van der Waals surface area contributed by atoms with Gasteiger partial charge in [-0.25, -0.2) is 0 Å². The summed E-state index contributed by atoms with van der Waals surface area (Å²) in [5.41, 5.74) is 0.500. The molecule has 0 aliphatic carbocycles. The Morgan fingerprint density at radius 1 is 1.37 bits per heavy atom. The molecule has 0 amide bonds. The van der Waals surface area contributed by atoms with Crippen molar-refractivity contribution in [2.24, 2.45) is 5.92 Å². The Kier molecular flexibility index (Phi) is 5.73. The first kappa shape index (κ1) is 15.9. The number of carboxylic acids is 2. The lowest BCUT2D eigenvalue weighted by Gasteiger charge is -2.15. The average Bonchev–Trinajstić information content (AvgIpc) is 2.71. The molecule has 0 bridgehead atoms. The van der Waals surface area contributed by atoms with E-state index in [-0.39, 0.29) is 18.9 Å². The molecule has 0 aliphatic heterocycles. The number of aliphatic hydroxyl groups is 1. The normalized spacial score (nSPS) is 12.6. The highest BCUT2D eigenvalue weighted by atomic mass is 127. The highest BCUT2D eigenvalue weighted by Gasteiger charge is 2.31. The van der Waals surface area contributed by atoms with Gasteiger partial charge in [-0.2, -0.15) is 0 Å². The fourth-order valence-corrected chi connectivity index (χ4v) is 2.55. The minimum atomic E-state index is -1.48. The number of carboxylic acid groups (broad SMARTS) is 2. The number of nitrogens with zero attached hydrogens (tertiary/aromatic N) is 1. The second kappa shape index (κ2) is 6.85. The molecule has 0 spiro atoms. The van der Waals surface area contributed by atoms with Crippen molar-refractivity contribution in [2.75, 3.05) is 0 Å². The zero-order valence-corrected chi connectivity index (χ0v) is 12.3. The number of carbonyl (C=O) groups is 2. The number of hydrogen-bond acceptors (Lipinski definition) is 5. The summed E-state index contributed by atoms with van der Waals surface area (Å²) in [5, 5.41) is 30.6. The summed E-state index contributed by atoms with van der Waals surface area (Å²) >= 11 is 1.95. The summed E-state index contributed by atoms with van der Waals surface area (Å²) in [6, 6.07) is 0. The second-order valence-electron chi connectivity index (χ2n) is 4.03. The molecule has 0 aliphatic rings. The van der Waals surface area contributed by atoms with Gasteiger partial charge in [0.25, 0.3) is 0 Å². The van der Waals surface area contributed by atoms with Crippen molar-refractivity contribution in [2.45, 2.75) is 32.3 Å². The van der Waals surface area contributed by atoms with Gasteiger partial charge in [0.05, 0.1) is 3.57 Å². The monoisotopic (exact) mass is 383 g/mol. The summed E-state index contributed by atoms with van der Waals surface area (Å²) in [6.45, 7) is 1.51. The van der Waals surface area contributed by atoms with Crippen LogP contribution >= 0.6 is 22.6 Å². The van der Waals surface area contributed by atoms with Crippen molar-refractivity contribution in [3.05, 3.63) is 15.0 Å². The van der Waals surface area contributed by atoms with Gasteiger partial charge in [0, 0.05) is 5.92 Å². The Labute approximate surface area is 122 Å². The van der Waals surface area contributed by atoms with Gasteiger partial charge in [0.2, 0.25) is 0 Å². The Morgan fingerprint density at radius 2 is 1.95 bits per heavy atom. The number of rotatable bonds is 7. The van der Waals surface area contributed by atoms with Gasteiger partial charge in [-0.3, -0.25) is 9.59 Å². The van der Waals surface area contributed by atoms with Crippen molar-refractivity contribution < 1.29 is 29.4 Å². The van der Waals surface area contributed by atoms with Crippen LogP contribution < -0.4 is 0 Å². The molecule has 1 aromatic heterocycles. The van der Waals surface area contributed by atoms with Gasteiger partial charge in [-0.15, -0.1) is 0 Å². The molecule has 0 saturated heterocycles. The summed E-state index contributed by atoms with van der Waals surface area (Å²) in [4.78, 5) is 21.8. The molecular weight excluding hydrogens is 369 g/mol. The van der Waals surface area contributed by atoms with E-state index in [1.54, 1.807) is 0 Å². The van der Waals surface area contributed by atoms with E-state index < -0.39 is 17.9 Å². The number of aliphatic hydroxyl groups excluding tert-OH is 1. The van der Waals surface area contributed by atoms with E-state index in [1.165, 1.54) is 0 Å². The highest BCUT2D eigenvalue weighted by Crippen LogP contribution is 2.31. The topological polar surface area (TPSA) is 121 Å². The third kappa shape index (κ3) is 3.66. The first-order valence-corrected chi connectivity index (χ1v) is 6.70. The van der Waals surface area contributed by atoms with Crippen LogP contribution in [0, 0.1) is 9.49 Å². The summed E-state index contributed by atoms with van der Waals surface area (Å²) < 4.78 is 5.54. The minimum absolute atomic E-state index is 0.0609. The fourth-order valence-electron chi connectivity index (χ4n) is 1.74. The van der Waals surface area contributed by atoms with Crippen LogP contribution in [0.1, 0.15) is 37.1 Å². The molecule has 7 nitrogen and oxygen atoms in total. The van der Waals surface area contributed by atoms with Crippen molar-refractivity contribution in [3.63, 3.8) is 0 Å². The zero-order valence-electron chi connectivity index (χ0n) is 10.2. The Balaban J connectivity index is 2.97. The maximum absolute atomic E-state index is 10.9. The maximum atomic E-state index is 10.9. The van der Waals surface area contributed by atoms with Crippen LogP contribution in [0.25, 0.3) is 0 Å². The van der Waals surface area contributed by atoms with E-state index in [2.05, 4.69) is 5.16 Å². The molecule has 3 N–H and O–H groups in total. The van der Waals surface area contributed by atoms with E-state index in [1.807, 2.05) is 29.5 Å². The van der Waals surface area contributed by atoms with Crippen molar-refractivity contribution in [1.29, 1.82) is 0 Å². The molecular formula is C11H14INO6.